The Morgan fingerprint density at radius 2 is 2.10 bits per heavy atom. The molecule has 1 aliphatic rings. The molecule has 0 spiro atoms. The fourth-order valence-electron chi connectivity index (χ4n) is 2.77. The van der Waals surface area contributed by atoms with Gasteiger partial charge in [0.1, 0.15) is 0 Å². The first-order valence-corrected chi connectivity index (χ1v) is 7.04. The van der Waals surface area contributed by atoms with E-state index in [4.69, 9.17) is 14.7 Å². The Balaban J connectivity index is 2.02. The van der Waals surface area contributed by atoms with Crippen LogP contribution in [-0.2, 0) is 0 Å². The van der Waals surface area contributed by atoms with Crippen molar-refractivity contribution in [3.05, 3.63) is 35.3 Å². The van der Waals surface area contributed by atoms with Gasteiger partial charge < -0.3 is 8.98 Å². The standard InChI is InChI=1S/C16H14N4O/c1-9-15(21-10(2)18-9)16-19-13-7-11(8-17)3-6-14(13)20(16)12-4-5-12/h3,6-7,12H,4-5H2,1-2H3. The third kappa shape index (κ3) is 1.83. The molecule has 21 heavy (non-hydrogen) atoms. The topological polar surface area (TPSA) is 67.6 Å². The van der Waals surface area contributed by atoms with Crippen molar-refractivity contribution in [3.63, 3.8) is 0 Å². The Hall–Kier alpha value is -2.61. The summed E-state index contributed by atoms with van der Waals surface area (Å²) in [4.78, 5) is 9.04. The molecule has 0 aliphatic heterocycles. The molecule has 0 amide bonds. The number of hydrogen-bond donors (Lipinski definition) is 0. The van der Waals surface area contributed by atoms with Crippen molar-refractivity contribution >= 4 is 11.0 Å². The molecule has 4 rings (SSSR count). The van der Waals surface area contributed by atoms with Crippen LogP contribution >= 0.6 is 0 Å². The molecule has 0 N–H and O–H groups in total. The molecule has 0 saturated heterocycles. The molecule has 2 heterocycles. The largest absolute Gasteiger partial charge is 0.437 e. The molecule has 5 heteroatoms. The van der Waals surface area contributed by atoms with E-state index in [-0.39, 0.29) is 0 Å². The second-order valence-corrected chi connectivity index (χ2v) is 5.50. The molecule has 0 bridgehead atoms. The van der Waals surface area contributed by atoms with E-state index < -0.39 is 0 Å². The van der Waals surface area contributed by atoms with E-state index in [9.17, 15) is 0 Å². The van der Waals surface area contributed by atoms with E-state index in [1.54, 1.807) is 0 Å². The van der Waals surface area contributed by atoms with E-state index in [2.05, 4.69) is 15.6 Å². The molecule has 1 aliphatic carbocycles. The molecule has 1 fully saturated rings. The maximum absolute atomic E-state index is 9.05. The number of aryl methyl sites for hydroxylation is 2. The number of nitrogens with zero attached hydrogens (tertiary/aromatic N) is 4. The van der Waals surface area contributed by atoms with Gasteiger partial charge in [0.05, 0.1) is 28.4 Å². The molecule has 5 nitrogen and oxygen atoms in total. The Kier molecular flexibility index (Phi) is 2.43. The monoisotopic (exact) mass is 278 g/mol. The number of rotatable bonds is 2. The van der Waals surface area contributed by atoms with Crippen LogP contribution < -0.4 is 0 Å². The summed E-state index contributed by atoms with van der Waals surface area (Å²) in [6.45, 7) is 3.78. The van der Waals surface area contributed by atoms with E-state index in [1.807, 2.05) is 32.0 Å². The first kappa shape index (κ1) is 12.2. The third-order valence-corrected chi connectivity index (χ3v) is 3.84. The van der Waals surface area contributed by atoms with Crippen molar-refractivity contribution < 1.29 is 4.42 Å². The van der Waals surface area contributed by atoms with Gasteiger partial charge in [0.25, 0.3) is 0 Å². The SMILES string of the molecule is Cc1nc(C)c(-c2nc3cc(C#N)ccc3n2C2CC2)o1. The zero-order valence-corrected chi connectivity index (χ0v) is 11.9. The molecular weight excluding hydrogens is 264 g/mol. The molecule has 0 unspecified atom stereocenters. The van der Waals surface area contributed by atoms with Crippen LogP contribution in [0.1, 0.15) is 36.0 Å². The van der Waals surface area contributed by atoms with Crippen molar-refractivity contribution in [2.24, 2.45) is 0 Å². The summed E-state index contributed by atoms with van der Waals surface area (Å²) < 4.78 is 7.97. The highest BCUT2D eigenvalue weighted by molar-refractivity contribution is 5.81. The van der Waals surface area contributed by atoms with Gasteiger partial charge in [-0.2, -0.15) is 5.26 Å². The number of benzene rings is 1. The molecule has 0 radical (unpaired) electrons. The Labute approximate surface area is 121 Å². The van der Waals surface area contributed by atoms with Gasteiger partial charge in [0.2, 0.25) is 0 Å². The maximum atomic E-state index is 9.05. The Bertz CT molecular complexity index is 893. The molecule has 2 aromatic heterocycles. The predicted molar refractivity (Wildman–Crippen MR) is 77.7 cm³/mol. The van der Waals surface area contributed by atoms with Crippen LogP contribution in [-0.4, -0.2) is 14.5 Å². The first-order chi connectivity index (χ1) is 10.2. The van der Waals surface area contributed by atoms with Crippen molar-refractivity contribution in [2.45, 2.75) is 32.7 Å². The van der Waals surface area contributed by atoms with Crippen LogP contribution in [0.25, 0.3) is 22.6 Å². The molecular formula is C16H14N4O. The highest BCUT2D eigenvalue weighted by Crippen LogP contribution is 2.42. The van der Waals surface area contributed by atoms with Gasteiger partial charge >= 0.3 is 0 Å². The van der Waals surface area contributed by atoms with Gasteiger partial charge in [-0.15, -0.1) is 0 Å². The summed E-state index contributed by atoms with van der Waals surface area (Å²) in [5, 5.41) is 9.05. The van der Waals surface area contributed by atoms with Crippen molar-refractivity contribution in [1.82, 2.24) is 14.5 Å². The van der Waals surface area contributed by atoms with Crippen molar-refractivity contribution in [1.29, 1.82) is 5.26 Å². The fourth-order valence-corrected chi connectivity index (χ4v) is 2.77. The van der Waals surface area contributed by atoms with E-state index >= 15 is 0 Å². The number of hydrogen-bond acceptors (Lipinski definition) is 4. The van der Waals surface area contributed by atoms with Crippen LogP contribution in [0.4, 0.5) is 0 Å². The zero-order valence-electron chi connectivity index (χ0n) is 11.9. The minimum Gasteiger partial charge on any atom is -0.437 e. The smallest absolute Gasteiger partial charge is 0.193 e. The van der Waals surface area contributed by atoms with Crippen LogP contribution in [0.15, 0.2) is 22.6 Å². The Morgan fingerprint density at radius 3 is 2.71 bits per heavy atom. The van der Waals surface area contributed by atoms with Crippen molar-refractivity contribution in [2.75, 3.05) is 0 Å². The third-order valence-electron chi connectivity index (χ3n) is 3.84. The summed E-state index contributed by atoms with van der Waals surface area (Å²) in [6, 6.07) is 8.28. The summed E-state index contributed by atoms with van der Waals surface area (Å²) in [6.07, 6.45) is 2.31. The average molecular weight is 278 g/mol. The molecule has 1 saturated carbocycles. The average Bonchev–Trinajstić information content (AvgIpc) is 3.15. The van der Waals surface area contributed by atoms with Gasteiger partial charge in [-0.1, -0.05) is 0 Å². The summed E-state index contributed by atoms with van der Waals surface area (Å²) in [7, 11) is 0. The molecule has 0 atom stereocenters. The molecule has 3 aromatic rings. The number of fused-ring (bicyclic) bond motifs is 1. The number of nitriles is 1. The van der Waals surface area contributed by atoms with Gasteiger partial charge in [0.15, 0.2) is 17.5 Å². The minimum absolute atomic E-state index is 0.475. The number of aromatic nitrogens is 3. The highest BCUT2D eigenvalue weighted by Gasteiger charge is 2.30. The van der Waals surface area contributed by atoms with E-state index in [1.165, 1.54) is 0 Å². The number of oxazole rings is 1. The summed E-state index contributed by atoms with van der Waals surface area (Å²) in [5.74, 6) is 2.20. The van der Waals surface area contributed by atoms with E-state index in [0.29, 0.717) is 17.5 Å². The molecule has 104 valence electrons. The van der Waals surface area contributed by atoms with Gasteiger partial charge in [-0.05, 0) is 38.0 Å². The summed E-state index contributed by atoms with van der Waals surface area (Å²) in [5.41, 5.74) is 3.37. The van der Waals surface area contributed by atoms with Crippen LogP contribution in [0.5, 0.6) is 0 Å². The molecule has 1 aromatic carbocycles. The number of imidazole rings is 1. The lowest BCUT2D eigenvalue weighted by atomic mass is 10.2. The van der Waals surface area contributed by atoms with Gasteiger partial charge in [-0.3, -0.25) is 0 Å². The predicted octanol–water partition coefficient (Wildman–Crippen LogP) is 3.51. The van der Waals surface area contributed by atoms with Crippen molar-refractivity contribution in [3.8, 4) is 17.7 Å². The lowest BCUT2D eigenvalue weighted by Gasteiger charge is -2.05. The normalized spacial score (nSPS) is 14.5. The lowest BCUT2D eigenvalue weighted by molar-refractivity contribution is 0.526. The minimum atomic E-state index is 0.475. The second-order valence-electron chi connectivity index (χ2n) is 5.50. The summed E-state index contributed by atoms with van der Waals surface area (Å²) >= 11 is 0. The lowest BCUT2D eigenvalue weighted by Crippen LogP contribution is -1.97. The highest BCUT2D eigenvalue weighted by atomic mass is 16.4. The fraction of sp³-hybridized carbons (Fsp3) is 0.312. The van der Waals surface area contributed by atoms with E-state index in [0.717, 1.165) is 41.2 Å². The Morgan fingerprint density at radius 1 is 1.29 bits per heavy atom. The quantitative estimate of drug-likeness (QED) is 0.719. The van der Waals surface area contributed by atoms with Gasteiger partial charge in [-0.25, -0.2) is 9.97 Å². The van der Waals surface area contributed by atoms with Crippen LogP contribution in [0.2, 0.25) is 0 Å². The first-order valence-electron chi connectivity index (χ1n) is 7.04. The van der Waals surface area contributed by atoms with Gasteiger partial charge in [0, 0.05) is 13.0 Å². The second kappa shape index (κ2) is 4.19. The van der Waals surface area contributed by atoms with Crippen LogP contribution in [0.3, 0.4) is 0 Å². The van der Waals surface area contributed by atoms with Crippen LogP contribution in [0, 0.1) is 25.2 Å². The maximum Gasteiger partial charge on any atom is 0.193 e. The zero-order chi connectivity index (χ0) is 14.6.